The summed E-state index contributed by atoms with van der Waals surface area (Å²) >= 11 is 0. The maximum Gasteiger partial charge on any atom is 0.269 e. The molecule has 3 heterocycles. The fourth-order valence-corrected chi connectivity index (χ4v) is 4.63. The molecule has 2 aliphatic rings. The number of aromatic nitrogens is 2. The molecule has 1 atom stereocenters. The molecule has 29 heavy (non-hydrogen) atoms. The van der Waals surface area contributed by atoms with E-state index >= 15 is 0 Å². The van der Waals surface area contributed by atoms with E-state index in [1.54, 1.807) is 24.0 Å². The van der Waals surface area contributed by atoms with Crippen LogP contribution in [0.15, 0.2) is 30.5 Å². The molecule has 1 unspecified atom stereocenters. The van der Waals surface area contributed by atoms with Gasteiger partial charge in [-0.3, -0.25) is 14.4 Å². The summed E-state index contributed by atoms with van der Waals surface area (Å²) in [4.78, 5) is 14.8. The Morgan fingerprint density at radius 2 is 2.03 bits per heavy atom. The number of hydrogen-bond acceptors (Lipinski definition) is 4. The summed E-state index contributed by atoms with van der Waals surface area (Å²) in [7, 11) is 1.78. The van der Waals surface area contributed by atoms with E-state index < -0.39 is 0 Å². The highest BCUT2D eigenvalue weighted by Crippen LogP contribution is 2.39. The number of hydrogen-bond donors (Lipinski definition) is 1. The topological polar surface area (TPSA) is 59.4 Å². The molecule has 1 amide bonds. The minimum Gasteiger partial charge on any atom is -0.370 e. The molecule has 6 heteroatoms. The highest BCUT2D eigenvalue weighted by Gasteiger charge is 2.42. The van der Waals surface area contributed by atoms with Gasteiger partial charge in [-0.2, -0.15) is 5.10 Å². The Hall–Kier alpha value is -2.18. The number of rotatable bonds is 5. The van der Waals surface area contributed by atoms with Gasteiger partial charge in [0.2, 0.25) is 0 Å². The van der Waals surface area contributed by atoms with E-state index in [1.807, 2.05) is 0 Å². The normalized spacial score (nSPS) is 21.6. The second-order valence-electron chi connectivity index (χ2n) is 8.72. The van der Waals surface area contributed by atoms with E-state index in [4.69, 9.17) is 4.74 Å². The van der Waals surface area contributed by atoms with Crippen molar-refractivity contribution in [3.05, 3.63) is 52.8 Å². The quantitative estimate of drug-likeness (QED) is 0.844. The molecule has 2 fully saturated rings. The van der Waals surface area contributed by atoms with E-state index in [9.17, 15) is 4.79 Å². The first-order valence-electron chi connectivity index (χ1n) is 10.7. The maximum absolute atomic E-state index is 12.3. The molecule has 1 spiro atoms. The molecule has 1 aromatic carbocycles. The highest BCUT2D eigenvalue weighted by molar-refractivity contribution is 5.92. The fraction of sp³-hybridized carbons (Fsp3) is 0.565. The van der Waals surface area contributed by atoms with Gasteiger partial charge >= 0.3 is 0 Å². The third-order valence-electron chi connectivity index (χ3n) is 6.55. The van der Waals surface area contributed by atoms with Crippen molar-refractivity contribution in [2.24, 2.45) is 7.05 Å². The van der Waals surface area contributed by atoms with Crippen LogP contribution in [0, 0.1) is 13.8 Å². The van der Waals surface area contributed by atoms with Gasteiger partial charge in [-0.15, -0.1) is 0 Å². The van der Waals surface area contributed by atoms with Gasteiger partial charge in [0, 0.05) is 39.4 Å². The maximum atomic E-state index is 12.3. The van der Waals surface area contributed by atoms with Crippen LogP contribution in [0.4, 0.5) is 0 Å². The van der Waals surface area contributed by atoms with Crippen molar-refractivity contribution in [1.82, 2.24) is 20.0 Å². The first-order valence-corrected chi connectivity index (χ1v) is 10.7. The Labute approximate surface area is 173 Å². The highest BCUT2D eigenvalue weighted by atomic mass is 16.5. The molecule has 156 valence electrons. The number of ether oxygens (including phenoxy) is 1. The molecular formula is C23H32N4O2. The van der Waals surface area contributed by atoms with E-state index in [0.29, 0.717) is 12.2 Å². The third kappa shape index (κ3) is 4.54. The molecule has 0 radical (unpaired) electrons. The SMILES string of the molecule is Cc1ccc(C)c(CN2CCC3(CCC(CNC(=O)c4ccnn4C)O3)CC2)c1. The van der Waals surface area contributed by atoms with Crippen LogP contribution in [-0.4, -0.2) is 51.9 Å². The van der Waals surface area contributed by atoms with Crippen molar-refractivity contribution in [2.75, 3.05) is 19.6 Å². The van der Waals surface area contributed by atoms with Crippen molar-refractivity contribution in [1.29, 1.82) is 0 Å². The minimum atomic E-state index is -0.0853. The van der Waals surface area contributed by atoms with Crippen LogP contribution >= 0.6 is 0 Å². The smallest absolute Gasteiger partial charge is 0.269 e. The predicted molar refractivity (Wildman–Crippen MR) is 113 cm³/mol. The van der Waals surface area contributed by atoms with Crippen molar-refractivity contribution in [3.63, 3.8) is 0 Å². The second kappa shape index (κ2) is 8.28. The van der Waals surface area contributed by atoms with Crippen molar-refractivity contribution in [2.45, 2.75) is 57.8 Å². The van der Waals surface area contributed by atoms with Crippen LogP contribution < -0.4 is 5.32 Å². The number of carbonyl (C=O) groups is 1. The molecule has 0 bridgehead atoms. The number of amides is 1. The van der Waals surface area contributed by atoms with E-state index in [1.165, 1.54) is 16.7 Å². The summed E-state index contributed by atoms with van der Waals surface area (Å²) in [6, 6.07) is 8.45. The lowest BCUT2D eigenvalue weighted by molar-refractivity contribution is -0.0764. The van der Waals surface area contributed by atoms with Crippen molar-refractivity contribution < 1.29 is 9.53 Å². The summed E-state index contributed by atoms with van der Waals surface area (Å²) in [5.74, 6) is -0.0853. The van der Waals surface area contributed by atoms with Crippen LogP contribution in [0.3, 0.4) is 0 Å². The molecule has 2 aliphatic heterocycles. The minimum absolute atomic E-state index is 0.0000720. The zero-order chi connectivity index (χ0) is 20.4. The van der Waals surface area contributed by atoms with Crippen LogP contribution in [0.2, 0.25) is 0 Å². The molecule has 2 aromatic rings. The number of piperidine rings is 1. The number of aryl methyl sites for hydroxylation is 3. The lowest BCUT2D eigenvalue weighted by atomic mass is 9.88. The summed E-state index contributed by atoms with van der Waals surface area (Å²) in [5, 5.41) is 7.06. The van der Waals surface area contributed by atoms with Gasteiger partial charge in [0.05, 0.1) is 11.7 Å². The molecule has 0 saturated carbocycles. The first-order chi connectivity index (χ1) is 13.9. The monoisotopic (exact) mass is 396 g/mol. The lowest BCUT2D eigenvalue weighted by Gasteiger charge is -2.39. The summed E-state index contributed by atoms with van der Waals surface area (Å²) in [6.07, 6.45) is 6.01. The molecule has 2 saturated heterocycles. The first kappa shape index (κ1) is 20.1. The van der Waals surface area contributed by atoms with Crippen LogP contribution in [0.1, 0.15) is 52.9 Å². The third-order valence-corrected chi connectivity index (χ3v) is 6.55. The van der Waals surface area contributed by atoms with E-state index in [0.717, 1.165) is 45.3 Å². The summed E-state index contributed by atoms with van der Waals surface area (Å²) < 4.78 is 8.06. The largest absolute Gasteiger partial charge is 0.370 e. The Morgan fingerprint density at radius 1 is 1.24 bits per heavy atom. The van der Waals surface area contributed by atoms with Crippen molar-refractivity contribution >= 4 is 5.91 Å². The van der Waals surface area contributed by atoms with Gasteiger partial charge in [0.25, 0.3) is 5.91 Å². The fourth-order valence-electron chi connectivity index (χ4n) is 4.63. The molecule has 4 rings (SSSR count). The number of nitrogens with one attached hydrogen (secondary N) is 1. The van der Waals surface area contributed by atoms with E-state index in [-0.39, 0.29) is 17.6 Å². The molecule has 1 aromatic heterocycles. The number of nitrogens with zero attached hydrogens (tertiary/aromatic N) is 3. The average Bonchev–Trinajstić information content (AvgIpc) is 3.31. The van der Waals surface area contributed by atoms with Gasteiger partial charge in [-0.05, 0) is 56.7 Å². The Morgan fingerprint density at radius 3 is 2.76 bits per heavy atom. The van der Waals surface area contributed by atoms with Gasteiger partial charge in [-0.25, -0.2) is 0 Å². The van der Waals surface area contributed by atoms with Gasteiger partial charge in [-0.1, -0.05) is 23.8 Å². The summed E-state index contributed by atoms with van der Waals surface area (Å²) in [6.45, 7) is 8.09. The van der Waals surface area contributed by atoms with Gasteiger partial charge in [0.15, 0.2) is 0 Å². The molecule has 0 aliphatic carbocycles. The van der Waals surface area contributed by atoms with Gasteiger partial charge < -0.3 is 10.1 Å². The zero-order valence-corrected chi connectivity index (χ0v) is 17.8. The molecular weight excluding hydrogens is 364 g/mol. The summed E-state index contributed by atoms with van der Waals surface area (Å²) in [5.41, 5.74) is 4.72. The van der Waals surface area contributed by atoms with Crippen LogP contribution in [0.25, 0.3) is 0 Å². The van der Waals surface area contributed by atoms with E-state index in [2.05, 4.69) is 47.4 Å². The standard InChI is InChI=1S/C23H32N4O2/c1-17-4-5-18(2)19(14-17)16-27-12-9-23(10-13-27)8-6-20(29-23)15-24-22(28)21-7-11-25-26(21)3/h4-5,7,11,14,20H,6,8-10,12-13,15-16H2,1-3H3,(H,24,28). The number of benzene rings is 1. The van der Waals surface area contributed by atoms with Crippen LogP contribution in [0.5, 0.6) is 0 Å². The lowest BCUT2D eigenvalue weighted by Crippen LogP contribution is -2.45. The molecule has 1 N–H and O–H groups in total. The van der Waals surface area contributed by atoms with Crippen LogP contribution in [-0.2, 0) is 18.3 Å². The Balaban J connectivity index is 1.26. The average molecular weight is 397 g/mol. The predicted octanol–water partition coefficient (Wildman–Crippen LogP) is 2.98. The van der Waals surface area contributed by atoms with Crippen molar-refractivity contribution in [3.8, 4) is 0 Å². The zero-order valence-electron chi connectivity index (χ0n) is 17.8. The Kier molecular flexibility index (Phi) is 5.74. The van der Waals surface area contributed by atoms with Gasteiger partial charge in [0.1, 0.15) is 5.69 Å². The number of carbonyl (C=O) groups excluding carboxylic acids is 1. The second-order valence-corrected chi connectivity index (χ2v) is 8.72. The Bertz CT molecular complexity index is 868. The number of likely N-dealkylation sites (tertiary alicyclic amines) is 1. The molecule has 6 nitrogen and oxygen atoms in total.